The third kappa shape index (κ3) is 3.80. The number of piperidine rings is 2. The Labute approximate surface area is 144 Å². The molecule has 2 amide bonds. The lowest BCUT2D eigenvalue weighted by molar-refractivity contribution is 0.0676. The minimum Gasteiger partial charge on any atom is -0.339 e. The minimum atomic E-state index is 0.0901. The first-order valence-electron chi connectivity index (χ1n) is 9.23. The summed E-state index contributed by atoms with van der Waals surface area (Å²) in [5, 5.41) is 0. The summed E-state index contributed by atoms with van der Waals surface area (Å²) in [5.41, 5.74) is 1.38. The number of likely N-dealkylation sites (tertiary alicyclic amines) is 2. The second kappa shape index (κ2) is 7.37. The van der Waals surface area contributed by atoms with Crippen molar-refractivity contribution in [3.05, 3.63) is 35.4 Å². The fourth-order valence-electron chi connectivity index (χ4n) is 3.71. The Morgan fingerprint density at radius 3 is 1.88 bits per heavy atom. The third-order valence-corrected chi connectivity index (χ3v) is 5.39. The molecule has 0 bridgehead atoms. The zero-order valence-corrected chi connectivity index (χ0v) is 14.8. The molecule has 1 aromatic carbocycles. The van der Waals surface area contributed by atoms with Crippen LogP contribution in [0.5, 0.6) is 0 Å². The fraction of sp³-hybridized carbons (Fsp3) is 0.600. The molecule has 2 fully saturated rings. The summed E-state index contributed by atoms with van der Waals surface area (Å²) in [5.74, 6) is 1.46. The molecule has 0 N–H and O–H groups in total. The van der Waals surface area contributed by atoms with E-state index in [0.29, 0.717) is 23.0 Å². The van der Waals surface area contributed by atoms with Crippen molar-refractivity contribution >= 4 is 11.8 Å². The molecule has 130 valence electrons. The van der Waals surface area contributed by atoms with Gasteiger partial charge in [0.05, 0.1) is 0 Å². The summed E-state index contributed by atoms with van der Waals surface area (Å²) in [6.45, 7) is 7.80. The molecule has 0 radical (unpaired) electrons. The van der Waals surface area contributed by atoms with Crippen LogP contribution in [0.1, 0.15) is 60.2 Å². The summed E-state index contributed by atoms with van der Waals surface area (Å²) in [4.78, 5) is 29.0. The Kier molecular flexibility index (Phi) is 5.22. The maximum Gasteiger partial charge on any atom is 0.253 e. The van der Waals surface area contributed by atoms with Crippen molar-refractivity contribution in [2.75, 3.05) is 26.2 Å². The summed E-state index contributed by atoms with van der Waals surface area (Å²) < 4.78 is 0. The molecule has 0 spiro atoms. The monoisotopic (exact) mass is 328 g/mol. The van der Waals surface area contributed by atoms with Gasteiger partial charge in [0.1, 0.15) is 0 Å². The Morgan fingerprint density at radius 2 is 1.33 bits per heavy atom. The molecule has 0 aromatic heterocycles. The number of carbonyl (C=O) groups excluding carboxylic acids is 2. The molecule has 4 heteroatoms. The lowest BCUT2D eigenvalue weighted by Crippen LogP contribution is -2.39. The van der Waals surface area contributed by atoms with E-state index in [-0.39, 0.29) is 11.8 Å². The number of rotatable bonds is 2. The highest BCUT2D eigenvalue weighted by Crippen LogP contribution is 2.20. The second-order valence-corrected chi connectivity index (χ2v) is 7.55. The highest BCUT2D eigenvalue weighted by Gasteiger charge is 2.24. The van der Waals surface area contributed by atoms with Crippen LogP contribution in [-0.4, -0.2) is 47.8 Å². The molecule has 2 saturated heterocycles. The van der Waals surface area contributed by atoms with Gasteiger partial charge in [0.25, 0.3) is 11.8 Å². The van der Waals surface area contributed by atoms with Gasteiger partial charge >= 0.3 is 0 Å². The Morgan fingerprint density at radius 1 is 0.792 bits per heavy atom. The highest BCUT2D eigenvalue weighted by atomic mass is 16.2. The van der Waals surface area contributed by atoms with Gasteiger partial charge in [0, 0.05) is 37.3 Å². The zero-order chi connectivity index (χ0) is 17.1. The molecule has 0 saturated carbocycles. The smallest absolute Gasteiger partial charge is 0.253 e. The van der Waals surface area contributed by atoms with Crippen LogP contribution < -0.4 is 0 Å². The van der Waals surface area contributed by atoms with Crippen molar-refractivity contribution < 1.29 is 9.59 Å². The first-order valence-corrected chi connectivity index (χ1v) is 9.23. The van der Waals surface area contributed by atoms with Gasteiger partial charge in [0.2, 0.25) is 0 Å². The average Bonchev–Trinajstić information content (AvgIpc) is 2.61. The Hall–Kier alpha value is -1.84. The topological polar surface area (TPSA) is 40.6 Å². The van der Waals surface area contributed by atoms with Crippen molar-refractivity contribution in [3.8, 4) is 0 Å². The van der Waals surface area contributed by atoms with Gasteiger partial charge in [-0.25, -0.2) is 0 Å². The van der Waals surface area contributed by atoms with Crippen LogP contribution in [0.4, 0.5) is 0 Å². The van der Waals surface area contributed by atoms with Crippen LogP contribution in [0.15, 0.2) is 24.3 Å². The van der Waals surface area contributed by atoms with Gasteiger partial charge < -0.3 is 9.80 Å². The van der Waals surface area contributed by atoms with Crippen molar-refractivity contribution in [2.24, 2.45) is 11.8 Å². The summed E-state index contributed by atoms with van der Waals surface area (Å²) in [7, 11) is 0. The van der Waals surface area contributed by atoms with Crippen LogP contribution in [0.25, 0.3) is 0 Å². The Bertz CT molecular complexity index is 588. The Balaban J connectivity index is 1.64. The lowest BCUT2D eigenvalue weighted by atomic mass is 9.98. The lowest BCUT2D eigenvalue weighted by Gasteiger charge is -2.31. The predicted octanol–water partition coefficient (Wildman–Crippen LogP) is 3.43. The molecule has 4 nitrogen and oxygen atoms in total. The van der Waals surface area contributed by atoms with E-state index in [9.17, 15) is 9.59 Å². The van der Waals surface area contributed by atoms with E-state index >= 15 is 0 Å². The minimum absolute atomic E-state index is 0.0901. The average molecular weight is 328 g/mol. The molecule has 1 atom stereocenters. The van der Waals surface area contributed by atoms with E-state index in [1.165, 1.54) is 6.42 Å². The van der Waals surface area contributed by atoms with E-state index < -0.39 is 0 Å². The van der Waals surface area contributed by atoms with Crippen LogP contribution in [0.3, 0.4) is 0 Å². The van der Waals surface area contributed by atoms with E-state index in [2.05, 4.69) is 13.8 Å². The second-order valence-electron chi connectivity index (χ2n) is 7.55. The summed E-state index contributed by atoms with van der Waals surface area (Å²) in [6.07, 6.45) is 4.44. The number of hydrogen-bond donors (Lipinski definition) is 0. The number of amides is 2. The molecular weight excluding hydrogens is 300 g/mol. The van der Waals surface area contributed by atoms with Crippen LogP contribution in [-0.2, 0) is 0 Å². The van der Waals surface area contributed by atoms with E-state index in [1.807, 2.05) is 9.80 Å². The van der Waals surface area contributed by atoms with Crippen molar-refractivity contribution in [1.29, 1.82) is 0 Å². The summed E-state index contributed by atoms with van der Waals surface area (Å²) in [6, 6.07) is 7.23. The molecule has 2 aliphatic rings. The van der Waals surface area contributed by atoms with E-state index in [0.717, 1.165) is 45.4 Å². The molecule has 1 aromatic rings. The number of benzene rings is 1. The number of hydrogen-bond acceptors (Lipinski definition) is 2. The molecule has 3 rings (SSSR count). The van der Waals surface area contributed by atoms with Crippen molar-refractivity contribution in [3.63, 3.8) is 0 Å². The molecule has 1 unspecified atom stereocenters. The fourth-order valence-corrected chi connectivity index (χ4v) is 3.71. The van der Waals surface area contributed by atoms with Gasteiger partial charge in [-0.05, 0) is 61.8 Å². The van der Waals surface area contributed by atoms with E-state index in [1.54, 1.807) is 24.3 Å². The van der Waals surface area contributed by atoms with Gasteiger partial charge in [0.15, 0.2) is 0 Å². The highest BCUT2D eigenvalue weighted by molar-refractivity contribution is 5.97. The zero-order valence-electron chi connectivity index (χ0n) is 14.8. The first kappa shape index (κ1) is 17.0. The maximum absolute atomic E-state index is 12.6. The van der Waals surface area contributed by atoms with Crippen molar-refractivity contribution in [2.45, 2.75) is 39.5 Å². The molecule has 2 aliphatic heterocycles. The van der Waals surface area contributed by atoms with Crippen LogP contribution >= 0.6 is 0 Å². The van der Waals surface area contributed by atoms with Gasteiger partial charge in [-0.3, -0.25) is 9.59 Å². The van der Waals surface area contributed by atoms with Gasteiger partial charge in [-0.2, -0.15) is 0 Å². The SMILES string of the molecule is CC1CCN(C(=O)c2ccc(C(=O)N3CCCC(C)C3)cc2)CC1. The van der Waals surface area contributed by atoms with Crippen LogP contribution in [0.2, 0.25) is 0 Å². The molecule has 24 heavy (non-hydrogen) atoms. The van der Waals surface area contributed by atoms with Gasteiger partial charge in [-0.1, -0.05) is 13.8 Å². The van der Waals surface area contributed by atoms with E-state index in [4.69, 9.17) is 0 Å². The molecular formula is C20H28N2O2. The standard InChI is InChI=1S/C20H28N2O2/c1-15-9-12-21(13-10-15)19(23)17-5-7-18(8-6-17)20(24)22-11-3-4-16(2)14-22/h5-8,15-16H,3-4,9-14H2,1-2H3. The van der Waals surface area contributed by atoms with Gasteiger partial charge in [-0.15, -0.1) is 0 Å². The normalized spacial score (nSPS) is 22.5. The predicted molar refractivity (Wildman–Crippen MR) is 95.0 cm³/mol. The maximum atomic E-state index is 12.6. The quantitative estimate of drug-likeness (QED) is 0.834. The largest absolute Gasteiger partial charge is 0.339 e. The summed E-state index contributed by atoms with van der Waals surface area (Å²) >= 11 is 0. The van der Waals surface area contributed by atoms with Crippen molar-refractivity contribution in [1.82, 2.24) is 9.80 Å². The number of nitrogens with zero attached hydrogens (tertiary/aromatic N) is 2. The molecule has 2 heterocycles. The number of carbonyl (C=O) groups is 2. The first-order chi connectivity index (χ1) is 11.5. The molecule has 0 aliphatic carbocycles. The third-order valence-electron chi connectivity index (χ3n) is 5.39. The van der Waals surface area contributed by atoms with Crippen LogP contribution in [0, 0.1) is 11.8 Å².